The topological polar surface area (TPSA) is 72.9 Å². The fraction of sp³-hybridized carbons (Fsp3) is 0.364. The molecule has 1 heterocycles. The molecule has 1 fully saturated rings. The van der Waals surface area contributed by atoms with Crippen molar-refractivity contribution >= 4 is 17.5 Å². The Morgan fingerprint density at radius 3 is 2.57 bits per heavy atom. The molecule has 0 radical (unpaired) electrons. The highest BCUT2D eigenvalue weighted by molar-refractivity contribution is 5.99. The van der Waals surface area contributed by atoms with E-state index in [9.17, 15) is 14.7 Å². The maximum Gasteiger partial charge on any atom is 0.258 e. The molecule has 1 aliphatic rings. The van der Waals surface area contributed by atoms with Crippen molar-refractivity contribution < 1.29 is 14.7 Å². The third-order valence-electron chi connectivity index (χ3n) is 5.35. The van der Waals surface area contributed by atoms with Crippen LogP contribution in [0.2, 0.25) is 0 Å². The summed E-state index contributed by atoms with van der Waals surface area (Å²) in [5.74, 6) is -0.503. The Bertz CT molecular complexity index is 825. The highest BCUT2D eigenvalue weighted by atomic mass is 16.3. The Labute approximate surface area is 165 Å². The third-order valence-corrected chi connectivity index (χ3v) is 5.35. The van der Waals surface area contributed by atoms with Gasteiger partial charge in [-0.1, -0.05) is 30.3 Å². The summed E-state index contributed by atoms with van der Waals surface area (Å²) < 4.78 is 0. The Kier molecular flexibility index (Phi) is 6.19. The van der Waals surface area contributed by atoms with Gasteiger partial charge >= 0.3 is 0 Å². The second kappa shape index (κ2) is 8.78. The quantitative estimate of drug-likeness (QED) is 0.807. The maximum absolute atomic E-state index is 12.8. The standard InChI is InChI=1S/C22H27N3O3/c1-16(24(2)17-9-4-3-5-10-17)15-23-21(27)19-12-8-14-25(19)22(28)18-11-6-7-13-20(18)26/h3-7,9-11,13,16,19,26H,8,12,14-15H2,1-2H3,(H,23,27). The molecule has 0 bridgehead atoms. The van der Waals surface area contributed by atoms with E-state index in [1.54, 1.807) is 23.1 Å². The van der Waals surface area contributed by atoms with Gasteiger partial charge in [0.2, 0.25) is 5.91 Å². The first-order chi connectivity index (χ1) is 13.5. The van der Waals surface area contributed by atoms with Crippen molar-refractivity contribution in [2.24, 2.45) is 0 Å². The largest absolute Gasteiger partial charge is 0.507 e. The second-order valence-corrected chi connectivity index (χ2v) is 7.21. The molecule has 2 atom stereocenters. The van der Waals surface area contributed by atoms with E-state index in [0.29, 0.717) is 19.5 Å². The number of benzene rings is 2. The minimum absolute atomic E-state index is 0.0586. The third kappa shape index (κ3) is 4.27. The van der Waals surface area contributed by atoms with Crippen LogP contribution in [0.5, 0.6) is 5.75 Å². The van der Waals surface area contributed by atoms with Crippen molar-refractivity contribution in [3.8, 4) is 5.75 Å². The van der Waals surface area contributed by atoms with Crippen LogP contribution >= 0.6 is 0 Å². The Morgan fingerprint density at radius 2 is 1.86 bits per heavy atom. The molecule has 0 aromatic heterocycles. The number of hydrogen-bond acceptors (Lipinski definition) is 4. The molecule has 0 aliphatic carbocycles. The molecule has 6 nitrogen and oxygen atoms in total. The number of likely N-dealkylation sites (N-methyl/N-ethyl adjacent to an activating group) is 1. The van der Waals surface area contributed by atoms with Gasteiger partial charge in [0.05, 0.1) is 5.56 Å². The number of anilines is 1. The number of hydrogen-bond donors (Lipinski definition) is 2. The molecule has 1 aliphatic heterocycles. The predicted molar refractivity (Wildman–Crippen MR) is 109 cm³/mol. The van der Waals surface area contributed by atoms with Gasteiger partial charge in [-0.2, -0.15) is 0 Å². The van der Waals surface area contributed by atoms with Crippen LogP contribution in [0.25, 0.3) is 0 Å². The number of likely N-dealkylation sites (tertiary alicyclic amines) is 1. The fourth-order valence-corrected chi connectivity index (χ4v) is 3.51. The SMILES string of the molecule is CC(CNC(=O)C1CCCN1C(=O)c1ccccc1O)N(C)c1ccccc1. The number of para-hydroxylation sites is 2. The van der Waals surface area contributed by atoms with Gasteiger partial charge in [-0.25, -0.2) is 0 Å². The molecule has 2 N–H and O–H groups in total. The zero-order chi connectivity index (χ0) is 20.1. The number of rotatable bonds is 6. The van der Waals surface area contributed by atoms with Crippen LogP contribution in [0.15, 0.2) is 54.6 Å². The number of amides is 2. The highest BCUT2D eigenvalue weighted by Crippen LogP contribution is 2.24. The number of phenols is 1. The minimum Gasteiger partial charge on any atom is -0.507 e. The Hall–Kier alpha value is -3.02. The van der Waals surface area contributed by atoms with Crippen molar-refractivity contribution in [2.75, 3.05) is 25.0 Å². The first kappa shape index (κ1) is 19.7. The van der Waals surface area contributed by atoms with Gasteiger partial charge in [-0.3, -0.25) is 9.59 Å². The van der Waals surface area contributed by atoms with Gasteiger partial charge in [0.15, 0.2) is 0 Å². The van der Waals surface area contributed by atoms with Crippen LogP contribution in [0.3, 0.4) is 0 Å². The van der Waals surface area contributed by atoms with Crippen LogP contribution in [-0.4, -0.2) is 54.0 Å². The summed E-state index contributed by atoms with van der Waals surface area (Å²) in [5.41, 5.74) is 1.32. The summed E-state index contributed by atoms with van der Waals surface area (Å²) in [6, 6.07) is 16.1. The van der Waals surface area contributed by atoms with Crippen molar-refractivity contribution in [1.29, 1.82) is 0 Å². The minimum atomic E-state index is -0.499. The number of phenolic OH excluding ortho intramolecular Hbond substituents is 1. The average Bonchev–Trinajstić information content (AvgIpc) is 3.21. The van der Waals surface area contributed by atoms with E-state index >= 15 is 0 Å². The summed E-state index contributed by atoms with van der Waals surface area (Å²) in [5, 5.41) is 12.9. The Balaban J connectivity index is 1.60. The van der Waals surface area contributed by atoms with Gasteiger partial charge in [-0.15, -0.1) is 0 Å². The number of carbonyl (C=O) groups excluding carboxylic acids is 2. The average molecular weight is 381 g/mol. The second-order valence-electron chi connectivity index (χ2n) is 7.21. The van der Waals surface area contributed by atoms with Crippen molar-refractivity contribution in [2.45, 2.75) is 31.8 Å². The molecular weight excluding hydrogens is 354 g/mol. The summed E-state index contributed by atoms with van der Waals surface area (Å²) in [6.07, 6.45) is 1.41. The molecule has 2 aromatic rings. The van der Waals surface area contributed by atoms with Gasteiger partial charge < -0.3 is 20.2 Å². The lowest BCUT2D eigenvalue weighted by atomic mass is 10.1. The molecule has 0 spiro atoms. The van der Waals surface area contributed by atoms with Crippen LogP contribution in [-0.2, 0) is 4.79 Å². The van der Waals surface area contributed by atoms with E-state index in [0.717, 1.165) is 12.1 Å². The normalized spacial score (nSPS) is 17.2. The summed E-state index contributed by atoms with van der Waals surface area (Å²) in [6.45, 7) is 3.05. The van der Waals surface area contributed by atoms with E-state index in [1.165, 1.54) is 6.07 Å². The van der Waals surface area contributed by atoms with Crippen LogP contribution < -0.4 is 10.2 Å². The lowest BCUT2D eigenvalue weighted by Gasteiger charge is -2.29. The lowest BCUT2D eigenvalue weighted by molar-refractivity contribution is -0.124. The number of carbonyl (C=O) groups is 2. The first-order valence-electron chi connectivity index (χ1n) is 9.63. The van der Waals surface area contributed by atoms with Gasteiger partial charge in [0.25, 0.3) is 5.91 Å². The first-order valence-corrected chi connectivity index (χ1v) is 9.63. The molecule has 2 amide bonds. The van der Waals surface area contributed by atoms with E-state index in [-0.39, 0.29) is 29.2 Å². The van der Waals surface area contributed by atoms with Crippen LogP contribution in [0, 0.1) is 0 Å². The smallest absolute Gasteiger partial charge is 0.258 e. The Morgan fingerprint density at radius 1 is 1.18 bits per heavy atom. The molecule has 0 saturated carbocycles. The van der Waals surface area contributed by atoms with Crippen molar-refractivity contribution in [3.05, 3.63) is 60.2 Å². The summed E-state index contributed by atoms with van der Waals surface area (Å²) >= 11 is 0. The van der Waals surface area contributed by atoms with E-state index in [1.807, 2.05) is 44.3 Å². The molecule has 1 saturated heterocycles. The molecule has 148 valence electrons. The van der Waals surface area contributed by atoms with E-state index in [4.69, 9.17) is 0 Å². The van der Waals surface area contributed by atoms with Crippen LogP contribution in [0.1, 0.15) is 30.1 Å². The lowest BCUT2D eigenvalue weighted by Crippen LogP contribution is -2.49. The molecule has 2 aromatic carbocycles. The van der Waals surface area contributed by atoms with Gasteiger partial charge in [-0.05, 0) is 44.0 Å². The van der Waals surface area contributed by atoms with Gasteiger partial charge in [0.1, 0.15) is 11.8 Å². The summed E-state index contributed by atoms with van der Waals surface area (Å²) in [7, 11) is 2.00. The van der Waals surface area contributed by atoms with Crippen molar-refractivity contribution in [1.82, 2.24) is 10.2 Å². The van der Waals surface area contributed by atoms with E-state index < -0.39 is 6.04 Å². The number of nitrogens with zero attached hydrogens (tertiary/aromatic N) is 2. The molecular formula is C22H27N3O3. The molecule has 3 rings (SSSR count). The summed E-state index contributed by atoms with van der Waals surface area (Å²) in [4.78, 5) is 29.2. The number of nitrogens with one attached hydrogen (secondary N) is 1. The monoisotopic (exact) mass is 381 g/mol. The zero-order valence-electron chi connectivity index (χ0n) is 16.3. The molecule has 6 heteroatoms. The zero-order valence-corrected chi connectivity index (χ0v) is 16.3. The fourth-order valence-electron chi connectivity index (χ4n) is 3.51. The van der Waals surface area contributed by atoms with E-state index in [2.05, 4.69) is 10.2 Å². The van der Waals surface area contributed by atoms with Crippen LogP contribution in [0.4, 0.5) is 5.69 Å². The molecule has 28 heavy (non-hydrogen) atoms. The van der Waals surface area contributed by atoms with Crippen molar-refractivity contribution in [3.63, 3.8) is 0 Å². The predicted octanol–water partition coefficient (Wildman–Crippen LogP) is 2.64. The maximum atomic E-state index is 12.8. The van der Waals surface area contributed by atoms with Gasteiger partial charge in [0, 0.05) is 31.9 Å². The number of aromatic hydroxyl groups is 1. The molecule has 2 unspecified atom stereocenters. The highest BCUT2D eigenvalue weighted by Gasteiger charge is 2.35.